The number of aryl methyl sites for hydroxylation is 1. The van der Waals surface area contributed by atoms with Crippen molar-refractivity contribution in [1.29, 1.82) is 0 Å². The second-order valence-electron chi connectivity index (χ2n) is 9.33. The fourth-order valence-electron chi connectivity index (χ4n) is 4.85. The minimum absolute atomic E-state index is 0.207. The van der Waals surface area contributed by atoms with E-state index in [1.54, 1.807) is 10.8 Å². The molecule has 1 amide bonds. The number of fused-ring (bicyclic) bond motifs is 1. The molecule has 0 bridgehead atoms. The maximum absolute atomic E-state index is 14.0. The Morgan fingerprint density at radius 2 is 1.67 bits per heavy atom. The van der Waals surface area contributed by atoms with Crippen molar-refractivity contribution in [2.24, 2.45) is 4.99 Å². The Labute approximate surface area is 228 Å². The van der Waals surface area contributed by atoms with E-state index in [2.05, 4.69) is 15.5 Å². The number of thiazole rings is 1. The number of anilines is 1. The fraction of sp³-hybridized carbons (Fsp3) is 0.0968. The van der Waals surface area contributed by atoms with E-state index in [1.165, 1.54) is 11.3 Å². The van der Waals surface area contributed by atoms with Crippen LogP contribution in [0.4, 0.5) is 5.69 Å². The van der Waals surface area contributed by atoms with Gasteiger partial charge < -0.3 is 5.32 Å². The van der Waals surface area contributed by atoms with Crippen molar-refractivity contribution >= 4 is 29.0 Å². The summed E-state index contributed by atoms with van der Waals surface area (Å²) >= 11 is 1.31. The quantitative estimate of drug-likeness (QED) is 0.348. The van der Waals surface area contributed by atoms with Crippen LogP contribution in [0.25, 0.3) is 17.3 Å². The van der Waals surface area contributed by atoms with Crippen molar-refractivity contribution in [3.8, 4) is 11.3 Å². The number of nitrogens with zero attached hydrogens (tertiary/aromatic N) is 3. The molecule has 3 aromatic carbocycles. The number of rotatable bonds is 5. The van der Waals surface area contributed by atoms with Crippen molar-refractivity contribution in [2.45, 2.75) is 19.9 Å². The molecule has 1 aliphatic rings. The van der Waals surface area contributed by atoms with Crippen LogP contribution in [0.15, 0.2) is 112 Å². The monoisotopic (exact) mass is 531 g/mol. The number of hydrogen-bond acceptors (Lipinski definition) is 5. The summed E-state index contributed by atoms with van der Waals surface area (Å²) in [4.78, 5) is 33.0. The molecule has 0 saturated carbocycles. The summed E-state index contributed by atoms with van der Waals surface area (Å²) in [6.45, 7) is 3.77. The van der Waals surface area contributed by atoms with Crippen molar-refractivity contribution in [1.82, 2.24) is 14.8 Å². The summed E-state index contributed by atoms with van der Waals surface area (Å²) in [5.41, 5.74) is 5.93. The zero-order valence-electron chi connectivity index (χ0n) is 21.4. The molecule has 1 atom stereocenters. The first-order valence-electron chi connectivity index (χ1n) is 12.5. The van der Waals surface area contributed by atoms with E-state index < -0.39 is 6.04 Å². The van der Waals surface area contributed by atoms with Crippen molar-refractivity contribution < 1.29 is 4.79 Å². The summed E-state index contributed by atoms with van der Waals surface area (Å²) < 4.78 is 2.15. The lowest BCUT2D eigenvalue weighted by molar-refractivity contribution is -0.113. The first-order valence-corrected chi connectivity index (χ1v) is 13.4. The molecule has 3 heterocycles. The van der Waals surface area contributed by atoms with Crippen LogP contribution in [-0.4, -0.2) is 20.7 Å². The standard InChI is InChI=1S/C31H25N5O2S/c1-19-11-9-10-16-24(19)34-29(37)26-20(2)33-31-36(28(26)22-14-7-4-8-15-22)30(38)25(39-31)17-23-18-32-35-27(23)21-12-5-3-6-13-21/h3-18,28H,1-2H3,(H,32,35)(H,34,37)/t28-/m0/s1. The Bertz CT molecular complexity index is 1900. The lowest BCUT2D eigenvalue weighted by Crippen LogP contribution is -2.40. The molecule has 8 heteroatoms. The van der Waals surface area contributed by atoms with E-state index in [1.807, 2.05) is 105 Å². The van der Waals surface area contributed by atoms with Gasteiger partial charge in [0, 0.05) is 16.8 Å². The van der Waals surface area contributed by atoms with Crippen LogP contribution in [0.1, 0.15) is 29.7 Å². The lowest BCUT2D eigenvalue weighted by atomic mass is 9.95. The molecule has 2 N–H and O–H groups in total. The molecular weight excluding hydrogens is 506 g/mol. The Hall–Kier alpha value is -4.82. The highest BCUT2D eigenvalue weighted by molar-refractivity contribution is 7.07. The van der Waals surface area contributed by atoms with Gasteiger partial charge in [-0.2, -0.15) is 5.10 Å². The molecule has 0 fully saturated rings. The highest BCUT2D eigenvalue weighted by atomic mass is 32.1. The van der Waals surface area contributed by atoms with E-state index in [0.29, 0.717) is 20.6 Å². The predicted octanol–water partition coefficient (Wildman–Crippen LogP) is 4.57. The molecule has 0 aliphatic carbocycles. The zero-order chi connectivity index (χ0) is 26.9. The van der Waals surface area contributed by atoms with Crippen LogP contribution in [0.5, 0.6) is 0 Å². The van der Waals surface area contributed by atoms with Gasteiger partial charge in [-0.15, -0.1) is 0 Å². The SMILES string of the molecule is CC1=C(C(=O)Nc2ccccc2C)[C@H](c2ccccc2)n2c(sc(=Cc3cn[nH]c3-c3ccccc3)c2=O)=N1. The molecule has 39 heavy (non-hydrogen) atoms. The van der Waals surface area contributed by atoms with Gasteiger partial charge >= 0.3 is 0 Å². The van der Waals surface area contributed by atoms with Crippen molar-refractivity contribution in [3.63, 3.8) is 0 Å². The molecule has 0 saturated heterocycles. The highest BCUT2D eigenvalue weighted by Gasteiger charge is 2.32. The van der Waals surface area contributed by atoms with Gasteiger partial charge in [0.25, 0.3) is 11.5 Å². The average molecular weight is 532 g/mol. The maximum Gasteiger partial charge on any atom is 0.271 e. The smallest absolute Gasteiger partial charge is 0.271 e. The maximum atomic E-state index is 14.0. The molecule has 2 aromatic heterocycles. The predicted molar refractivity (Wildman–Crippen MR) is 154 cm³/mol. The number of hydrogen-bond donors (Lipinski definition) is 2. The number of para-hydroxylation sites is 1. The molecular formula is C31H25N5O2S. The first kappa shape index (κ1) is 24.5. The minimum atomic E-state index is -0.619. The third-order valence-corrected chi connectivity index (χ3v) is 7.78. The molecule has 7 nitrogen and oxygen atoms in total. The summed E-state index contributed by atoms with van der Waals surface area (Å²) in [6, 6.07) is 26.5. The normalized spacial score (nSPS) is 15.1. The number of allylic oxidation sites excluding steroid dienone is 1. The van der Waals surface area contributed by atoms with Crippen LogP contribution < -0.4 is 20.2 Å². The average Bonchev–Trinajstić information content (AvgIpc) is 3.54. The van der Waals surface area contributed by atoms with Gasteiger partial charge in [-0.3, -0.25) is 19.3 Å². The lowest BCUT2D eigenvalue weighted by Gasteiger charge is -2.25. The molecule has 0 unspecified atom stereocenters. The van der Waals surface area contributed by atoms with Gasteiger partial charge in [-0.1, -0.05) is 90.2 Å². The molecule has 1 aliphatic heterocycles. The van der Waals surface area contributed by atoms with E-state index in [4.69, 9.17) is 4.99 Å². The number of carbonyl (C=O) groups is 1. The highest BCUT2D eigenvalue weighted by Crippen LogP contribution is 2.31. The largest absolute Gasteiger partial charge is 0.322 e. The number of aromatic amines is 1. The Kier molecular flexibility index (Phi) is 6.38. The van der Waals surface area contributed by atoms with E-state index in [-0.39, 0.29) is 11.5 Å². The summed E-state index contributed by atoms with van der Waals surface area (Å²) in [6.07, 6.45) is 3.55. The second kappa shape index (κ2) is 10.2. The number of amides is 1. The van der Waals surface area contributed by atoms with Gasteiger partial charge in [0.1, 0.15) is 0 Å². The Morgan fingerprint density at radius 1 is 0.974 bits per heavy atom. The third kappa shape index (κ3) is 4.55. The first-order chi connectivity index (χ1) is 19.0. The van der Waals surface area contributed by atoms with E-state index in [0.717, 1.165) is 33.6 Å². The van der Waals surface area contributed by atoms with Crippen LogP contribution in [0.2, 0.25) is 0 Å². The van der Waals surface area contributed by atoms with Gasteiger partial charge in [-0.25, -0.2) is 4.99 Å². The summed E-state index contributed by atoms with van der Waals surface area (Å²) in [7, 11) is 0. The molecule has 6 rings (SSSR count). The molecule has 192 valence electrons. The van der Waals surface area contributed by atoms with E-state index in [9.17, 15) is 9.59 Å². The number of aromatic nitrogens is 3. The zero-order valence-corrected chi connectivity index (χ0v) is 22.2. The van der Waals surface area contributed by atoms with Crippen LogP contribution in [-0.2, 0) is 4.79 Å². The molecule has 5 aromatic rings. The van der Waals surface area contributed by atoms with Crippen molar-refractivity contribution in [3.05, 3.63) is 139 Å². The number of benzene rings is 3. The van der Waals surface area contributed by atoms with Crippen LogP contribution in [0, 0.1) is 6.92 Å². The molecule has 0 radical (unpaired) electrons. The van der Waals surface area contributed by atoms with Crippen LogP contribution >= 0.6 is 11.3 Å². The number of carbonyl (C=O) groups excluding carboxylic acids is 1. The van der Waals surface area contributed by atoms with Crippen molar-refractivity contribution in [2.75, 3.05) is 5.32 Å². The summed E-state index contributed by atoms with van der Waals surface area (Å²) in [5.74, 6) is -0.283. The number of nitrogens with one attached hydrogen (secondary N) is 2. The Morgan fingerprint density at radius 3 is 2.41 bits per heavy atom. The minimum Gasteiger partial charge on any atom is -0.322 e. The molecule has 0 spiro atoms. The second-order valence-corrected chi connectivity index (χ2v) is 10.3. The number of H-pyrrole nitrogens is 1. The van der Waals surface area contributed by atoms with Gasteiger partial charge in [-0.05, 0) is 37.1 Å². The fourth-order valence-corrected chi connectivity index (χ4v) is 5.89. The van der Waals surface area contributed by atoms with Crippen LogP contribution in [0.3, 0.4) is 0 Å². The van der Waals surface area contributed by atoms with Gasteiger partial charge in [0.15, 0.2) is 4.80 Å². The van der Waals surface area contributed by atoms with E-state index >= 15 is 0 Å². The third-order valence-electron chi connectivity index (χ3n) is 6.79. The van der Waals surface area contributed by atoms with Gasteiger partial charge in [0.2, 0.25) is 0 Å². The Balaban J connectivity index is 1.49. The summed E-state index contributed by atoms with van der Waals surface area (Å²) in [5, 5.41) is 10.3. The topological polar surface area (TPSA) is 92.1 Å². The van der Waals surface area contributed by atoms with Gasteiger partial charge in [0.05, 0.1) is 33.7 Å².